The molecule has 0 fully saturated rings. The number of aryl methyl sites for hydroxylation is 2. The van der Waals surface area contributed by atoms with Gasteiger partial charge in [0.1, 0.15) is 5.82 Å². The van der Waals surface area contributed by atoms with Crippen LogP contribution in [0.3, 0.4) is 0 Å². The lowest BCUT2D eigenvalue weighted by molar-refractivity contribution is 0.175. The second-order valence-corrected chi connectivity index (χ2v) is 13.3. The van der Waals surface area contributed by atoms with Crippen LogP contribution in [0.15, 0.2) is 29.3 Å². The molecule has 0 aromatic carbocycles. The topological polar surface area (TPSA) is 69.0 Å². The molecular formula is C20H32N4O2Si. The zero-order valence-corrected chi connectivity index (χ0v) is 18.8. The summed E-state index contributed by atoms with van der Waals surface area (Å²) in [6.45, 7) is 15.4. The molecule has 0 aliphatic heterocycles. The summed E-state index contributed by atoms with van der Waals surface area (Å²) in [5.41, 5.74) is 2.53. The van der Waals surface area contributed by atoms with Crippen molar-refractivity contribution in [1.29, 1.82) is 0 Å². The lowest BCUT2D eigenvalue weighted by atomic mass is 10.1. The molecule has 0 aliphatic rings. The third-order valence-corrected chi connectivity index (χ3v) is 9.80. The first kappa shape index (κ1) is 21.3. The Balaban J connectivity index is 2.23. The van der Waals surface area contributed by atoms with Crippen molar-refractivity contribution in [1.82, 2.24) is 14.5 Å². The molecule has 2 aromatic heterocycles. The highest BCUT2D eigenvalue weighted by Gasteiger charge is 2.39. The Morgan fingerprint density at radius 2 is 2.00 bits per heavy atom. The molecule has 6 nitrogen and oxygen atoms in total. The molecule has 7 heteroatoms. The molecule has 0 amide bonds. The fraction of sp³-hybridized carbons (Fsp3) is 0.550. The van der Waals surface area contributed by atoms with Gasteiger partial charge >= 0.3 is 5.69 Å². The Bertz CT molecular complexity index is 856. The second-order valence-electron chi connectivity index (χ2n) is 8.53. The van der Waals surface area contributed by atoms with E-state index in [4.69, 9.17) is 4.43 Å². The van der Waals surface area contributed by atoms with E-state index in [1.807, 2.05) is 6.92 Å². The SMILES string of the molecule is CCC(O[Si](C)(C)C(C)(C)C)c1cc(C)c(Nc2ccn(C)c(=O)n2)cn1. The predicted octanol–water partition coefficient (Wildman–Crippen LogP) is 4.70. The smallest absolute Gasteiger partial charge is 0.349 e. The fourth-order valence-corrected chi connectivity index (χ4v) is 3.80. The van der Waals surface area contributed by atoms with Gasteiger partial charge in [0, 0.05) is 13.2 Å². The molecule has 1 N–H and O–H groups in total. The number of pyridine rings is 1. The quantitative estimate of drug-likeness (QED) is 0.726. The van der Waals surface area contributed by atoms with Crippen molar-refractivity contribution in [2.24, 2.45) is 7.05 Å². The maximum Gasteiger partial charge on any atom is 0.349 e. The van der Waals surface area contributed by atoms with Crippen molar-refractivity contribution in [2.45, 2.75) is 65.3 Å². The van der Waals surface area contributed by atoms with Gasteiger partial charge in [-0.2, -0.15) is 4.98 Å². The van der Waals surface area contributed by atoms with E-state index >= 15 is 0 Å². The van der Waals surface area contributed by atoms with Crippen LogP contribution in [-0.4, -0.2) is 22.9 Å². The van der Waals surface area contributed by atoms with E-state index < -0.39 is 8.32 Å². The van der Waals surface area contributed by atoms with Crippen LogP contribution >= 0.6 is 0 Å². The molecule has 0 radical (unpaired) electrons. The van der Waals surface area contributed by atoms with E-state index in [0.29, 0.717) is 5.82 Å². The van der Waals surface area contributed by atoms with E-state index in [1.54, 1.807) is 25.5 Å². The minimum absolute atomic E-state index is 0.0132. The maximum absolute atomic E-state index is 11.7. The van der Waals surface area contributed by atoms with Gasteiger partial charge in [-0.15, -0.1) is 0 Å². The van der Waals surface area contributed by atoms with Crippen LogP contribution in [0.5, 0.6) is 0 Å². The number of nitrogens with one attached hydrogen (secondary N) is 1. The highest BCUT2D eigenvalue weighted by atomic mass is 28.4. The highest BCUT2D eigenvalue weighted by molar-refractivity contribution is 6.74. The van der Waals surface area contributed by atoms with Crippen molar-refractivity contribution in [2.75, 3.05) is 5.32 Å². The third kappa shape index (κ3) is 5.04. The van der Waals surface area contributed by atoms with Crippen LogP contribution in [0.2, 0.25) is 18.1 Å². The first-order valence-corrected chi connectivity index (χ1v) is 12.3. The average Bonchev–Trinajstić information content (AvgIpc) is 2.57. The lowest BCUT2D eigenvalue weighted by Gasteiger charge is -2.39. The molecule has 0 aliphatic carbocycles. The number of rotatable bonds is 6. The molecule has 27 heavy (non-hydrogen) atoms. The molecule has 0 saturated carbocycles. The van der Waals surface area contributed by atoms with Gasteiger partial charge in [0.2, 0.25) is 0 Å². The highest BCUT2D eigenvalue weighted by Crippen LogP contribution is 2.40. The third-order valence-electron chi connectivity index (χ3n) is 5.31. The van der Waals surface area contributed by atoms with Gasteiger partial charge in [0.05, 0.1) is 23.7 Å². The predicted molar refractivity (Wildman–Crippen MR) is 113 cm³/mol. The molecule has 1 unspecified atom stereocenters. The summed E-state index contributed by atoms with van der Waals surface area (Å²) in [7, 11) is -0.203. The van der Waals surface area contributed by atoms with Crippen LogP contribution in [0, 0.1) is 6.92 Å². The monoisotopic (exact) mass is 388 g/mol. The summed E-state index contributed by atoms with van der Waals surface area (Å²) in [4.78, 5) is 20.3. The Hall–Kier alpha value is -1.99. The molecule has 148 valence electrons. The normalized spacial score (nSPS) is 13.5. The first-order chi connectivity index (χ1) is 12.4. The Kier molecular flexibility index (Phi) is 6.27. The number of anilines is 2. The molecular weight excluding hydrogens is 356 g/mol. The summed E-state index contributed by atoms with van der Waals surface area (Å²) < 4.78 is 8.01. The standard InChI is InChI=1S/C20H32N4O2Si/c1-9-17(26-27(7,8)20(3,4)5)15-12-14(2)16(13-21-15)22-18-10-11-24(6)19(25)23-18/h10-13,17H,9H2,1-8H3,(H,22,23,25). The van der Waals surface area contributed by atoms with Crippen LogP contribution in [0.4, 0.5) is 11.5 Å². The molecule has 0 bridgehead atoms. The Morgan fingerprint density at radius 3 is 2.52 bits per heavy atom. The van der Waals surface area contributed by atoms with Crippen LogP contribution in [-0.2, 0) is 11.5 Å². The van der Waals surface area contributed by atoms with Crippen molar-refractivity contribution >= 4 is 19.8 Å². The van der Waals surface area contributed by atoms with Crippen molar-refractivity contribution in [3.63, 3.8) is 0 Å². The summed E-state index contributed by atoms with van der Waals surface area (Å²) >= 11 is 0. The number of hydrogen-bond donors (Lipinski definition) is 1. The fourth-order valence-electron chi connectivity index (χ4n) is 2.44. The zero-order valence-electron chi connectivity index (χ0n) is 17.8. The minimum atomic E-state index is -1.88. The number of aromatic nitrogens is 3. The second kappa shape index (κ2) is 7.94. The largest absolute Gasteiger partial charge is 0.408 e. The minimum Gasteiger partial charge on any atom is -0.408 e. The van der Waals surface area contributed by atoms with Crippen LogP contribution < -0.4 is 11.0 Å². The Labute approximate surface area is 163 Å². The van der Waals surface area contributed by atoms with E-state index in [1.165, 1.54) is 4.57 Å². The number of nitrogens with zero attached hydrogens (tertiary/aromatic N) is 3. The van der Waals surface area contributed by atoms with Crippen molar-refractivity contribution in [3.05, 3.63) is 46.3 Å². The first-order valence-electron chi connectivity index (χ1n) is 9.39. The zero-order chi connectivity index (χ0) is 20.4. The molecule has 2 heterocycles. The molecule has 2 rings (SSSR count). The van der Waals surface area contributed by atoms with Gasteiger partial charge < -0.3 is 14.3 Å². The van der Waals surface area contributed by atoms with Gasteiger partial charge in [-0.05, 0) is 49.2 Å². The van der Waals surface area contributed by atoms with Gasteiger partial charge in [0.25, 0.3) is 0 Å². The van der Waals surface area contributed by atoms with Gasteiger partial charge in [0.15, 0.2) is 8.32 Å². The van der Waals surface area contributed by atoms with E-state index in [2.05, 4.69) is 62.1 Å². The summed E-state index contributed by atoms with van der Waals surface area (Å²) in [6, 6.07) is 3.83. The average molecular weight is 389 g/mol. The van der Waals surface area contributed by atoms with E-state index in [9.17, 15) is 4.79 Å². The van der Waals surface area contributed by atoms with Crippen molar-refractivity contribution in [3.8, 4) is 0 Å². The maximum atomic E-state index is 11.7. The molecule has 0 saturated heterocycles. The van der Waals surface area contributed by atoms with Crippen LogP contribution in [0.1, 0.15) is 51.5 Å². The van der Waals surface area contributed by atoms with Crippen molar-refractivity contribution < 1.29 is 4.43 Å². The summed E-state index contributed by atoms with van der Waals surface area (Å²) in [5, 5.41) is 3.33. The molecule has 0 spiro atoms. The van der Waals surface area contributed by atoms with Gasteiger partial charge in [-0.1, -0.05) is 27.7 Å². The molecule has 2 aromatic rings. The molecule has 1 atom stereocenters. The number of hydrogen-bond acceptors (Lipinski definition) is 5. The summed E-state index contributed by atoms with van der Waals surface area (Å²) in [6.07, 6.45) is 4.35. The summed E-state index contributed by atoms with van der Waals surface area (Å²) in [5.74, 6) is 0.514. The Morgan fingerprint density at radius 1 is 1.33 bits per heavy atom. The van der Waals surface area contributed by atoms with E-state index in [0.717, 1.165) is 23.4 Å². The van der Waals surface area contributed by atoms with E-state index in [-0.39, 0.29) is 16.8 Å². The van der Waals surface area contributed by atoms with Gasteiger partial charge in [-0.25, -0.2) is 4.79 Å². The van der Waals surface area contributed by atoms with Crippen LogP contribution in [0.25, 0.3) is 0 Å². The van der Waals surface area contributed by atoms with Gasteiger partial charge in [-0.3, -0.25) is 4.98 Å². The lowest BCUT2D eigenvalue weighted by Crippen LogP contribution is -2.41.